The molecule has 0 spiro atoms. The van der Waals surface area contributed by atoms with E-state index < -0.39 is 15.1 Å². The molecule has 0 saturated heterocycles. The summed E-state index contributed by atoms with van der Waals surface area (Å²) in [5.74, 6) is 0.444. The van der Waals surface area contributed by atoms with Crippen LogP contribution in [-0.2, 0) is 4.57 Å². The molecule has 0 fully saturated rings. The standard InChI is InChI=1S/C48H39N3OP2/c49-47(51-48-46(27-16-32-50-48)37-17-6-1-7-18-37)38-30-28-36(29-31-38)39-33-42(53(40-19-8-2-9-20-40)41-21-10-3-11-22-41)35-45(34-39)54(52,43-23-12-4-13-24-43)44-25-14-5-15-26-44/h1-35,48,50H,(H2,49,51). The maximum absolute atomic E-state index is 15.9. The van der Waals surface area contributed by atoms with Gasteiger partial charge < -0.3 is 15.6 Å². The second-order valence-corrected chi connectivity index (χ2v) is 18.0. The van der Waals surface area contributed by atoms with E-state index in [9.17, 15) is 0 Å². The largest absolute Gasteiger partial charge is 0.383 e. The Morgan fingerprint density at radius 1 is 0.537 bits per heavy atom. The van der Waals surface area contributed by atoms with Gasteiger partial charge in [-0.05, 0) is 71.0 Å². The van der Waals surface area contributed by atoms with Gasteiger partial charge in [-0.2, -0.15) is 0 Å². The third kappa shape index (κ3) is 7.28. The average molecular weight is 736 g/mol. The predicted octanol–water partition coefficient (Wildman–Crippen LogP) is 7.98. The van der Waals surface area contributed by atoms with Crippen LogP contribution < -0.4 is 42.9 Å². The molecule has 0 radical (unpaired) electrons. The van der Waals surface area contributed by atoms with Crippen molar-refractivity contribution in [2.45, 2.75) is 6.17 Å². The van der Waals surface area contributed by atoms with Crippen molar-refractivity contribution in [2.24, 2.45) is 10.7 Å². The fraction of sp³-hybridized carbons (Fsp3) is 0.0208. The Bertz CT molecular complexity index is 2400. The van der Waals surface area contributed by atoms with Gasteiger partial charge in [-0.1, -0.05) is 182 Å². The lowest BCUT2D eigenvalue weighted by molar-refractivity contribution is 0.592. The Hall–Kier alpha value is -6.05. The van der Waals surface area contributed by atoms with Crippen LogP contribution in [-0.4, -0.2) is 12.0 Å². The number of rotatable bonds is 10. The summed E-state index contributed by atoms with van der Waals surface area (Å²) in [5.41, 5.74) is 11.6. The normalized spacial score (nSPS) is 14.4. The van der Waals surface area contributed by atoms with Crippen LogP contribution in [0.3, 0.4) is 0 Å². The van der Waals surface area contributed by atoms with Gasteiger partial charge in [0.15, 0.2) is 7.14 Å². The summed E-state index contributed by atoms with van der Waals surface area (Å²) in [7, 11) is -4.28. The molecule has 7 aromatic rings. The minimum Gasteiger partial charge on any atom is -0.383 e. The van der Waals surface area contributed by atoms with Crippen molar-refractivity contribution in [3.63, 3.8) is 0 Å². The molecule has 0 amide bonds. The molecule has 1 aliphatic rings. The van der Waals surface area contributed by atoms with Gasteiger partial charge in [0.25, 0.3) is 0 Å². The van der Waals surface area contributed by atoms with Crippen LogP contribution in [0.5, 0.6) is 0 Å². The molecule has 1 heterocycles. The first-order valence-corrected chi connectivity index (χ1v) is 21.0. The third-order valence-corrected chi connectivity index (χ3v) is 15.0. The minimum absolute atomic E-state index is 0.309. The van der Waals surface area contributed by atoms with E-state index in [1.165, 1.54) is 10.6 Å². The first kappa shape index (κ1) is 35.0. The molecule has 0 aliphatic carbocycles. The maximum Gasteiger partial charge on any atom is 0.171 e. The number of aliphatic imine (C=N–C) groups is 1. The van der Waals surface area contributed by atoms with Gasteiger partial charge in [-0.3, -0.25) is 0 Å². The number of amidine groups is 1. The minimum atomic E-state index is -3.30. The van der Waals surface area contributed by atoms with Crippen molar-refractivity contribution in [1.29, 1.82) is 0 Å². The fourth-order valence-corrected chi connectivity index (χ4v) is 12.1. The van der Waals surface area contributed by atoms with Crippen LogP contribution in [0.15, 0.2) is 217 Å². The molecule has 0 aromatic heterocycles. The molecule has 1 atom stereocenters. The molecule has 7 aromatic carbocycles. The number of allylic oxidation sites excluding steroid dienone is 2. The number of nitrogens with zero attached hydrogens (tertiary/aromatic N) is 1. The Labute approximate surface area is 318 Å². The first-order chi connectivity index (χ1) is 26.6. The van der Waals surface area contributed by atoms with E-state index in [4.69, 9.17) is 10.7 Å². The molecule has 8 rings (SSSR count). The van der Waals surface area contributed by atoms with Gasteiger partial charge in [0.05, 0.1) is 0 Å². The average Bonchev–Trinajstić information content (AvgIpc) is 3.25. The van der Waals surface area contributed by atoms with Gasteiger partial charge in [0.1, 0.15) is 12.0 Å². The highest BCUT2D eigenvalue weighted by Gasteiger charge is 2.31. The molecule has 1 aliphatic heterocycles. The van der Waals surface area contributed by atoms with Gasteiger partial charge in [-0.25, -0.2) is 4.99 Å². The zero-order chi connectivity index (χ0) is 36.7. The van der Waals surface area contributed by atoms with Crippen molar-refractivity contribution in [3.05, 3.63) is 224 Å². The molecule has 54 heavy (non-hydrogen) atoms. The van der Waals surface area contributed by atoms with E-state index in [0.29, 0.717) is 5.84 Å². The maximum atomic E-state index is 15.9. The highest BCUT2D eigenvalue weighted by molar-refractivity contribution is 7.85. The lowest BCUT2D eigenvalue weighted by Crippen LogP contribution is -2.29. The van der Waals surface area contributed by atoms with Gasteiger partial charge >= 0.3 is 0 Å². The summed E-state index contributed by atoms with van der Waals surface area (Å²) < 4.78 is 15.9. The SMILES string of the molecule is NC(=NC1NC=CC=C1c1ccccc1)c1ccc(-c2cc(P(c3ccccc3)c3ccccc3)cc(P(=O)(c3ccccc3)c3ccccc3)c2)cc1. The number of hydrogen-bond donors (Lipinski definition) is 2. The highest BCUT2D eigenvalue weighted by atomic mass is 31.2. The molecular weight excluding hydrogens is 696 g/mol. The monoisotopic (exact) mass is 735 g/mol. The molecule has 0 bridgehead atoms. The lowest BCUT2D eigenvalue weighted by Gasteiger charge is -2.25. The van der Waals surface area contributed by atoms with Crippen LogP contribution in [0.25, 0.3) is 16.7 Å². The Kier molecular flexibility index (Phi) is 10.3. The molecule has 0 saturated carbocycles. The molecule has 262 valence electrons. The smallest absolute Gasteiger partial charge is 0.171 e. The summed E-state index contributed by atoms with van der Waals surface area (Å²) >= 11 is 0. The summed E-state index contributed by atoms with van der Waals surface area (Å²) in [6.45, 7) is 0. The highest BCUT2D eigenvalue weighted by Crippen LogP contribution is 2.44. The van der Waals surface area contributed by atoms with E-state index in [1.807, 2.05) is 103 Å². The number of nitrogens with one attached hydrogen (secondary N) is 1. The first-order valence-electron chi connectivity index (χ1n) is 18.0. The van der Waals surface area contributed by atoms with Crippen molar-refractivity contribution < 1.29 is 4.57 Å². The van der Waals surface area contributed by atoms with Crippen LogP contribution in [0.4, 0.5) is 0 Å². The van der Waals surface area contributed by atoms with E-state index in [0.717, 1.165) is 49.0 Å². The zero-order valence-electron chi connectivity index (χ0n) is 29.6. The van der Waals surface area contributed by atoms with Gasteiger partial charge in [0.2, 0.25) is 0 Å². The fourth-order valence-electron chi connectivity index (χ4n) is 6.92. The molecule has 6 heteroatoms. The van der Waals surface area contributed by atoms with Crippen LogP contribution in [0, 0.1) is 0 Å². The van der Waals surface area contributed by atoms with Crippen LogP contribution in [0.2, 0.25) is 0 Å². The van der Waals surface area contributed by atoms with Gasteiger partial charge in [0, 0.05) is 27.1 Å². The van der Waals surface area contributed by atoms with Crippen molar-refractivity contribution >= 4 is 58.3 Å². The van der Waals surface area contributed by atoms with Gasteiger partial charge in [-0.15, -0.1) is 0 Å². The second kappa shape index (κ2) is 15.9. The topological polar surface area (TPSA) is 67.5 Å². The Morgan fingerprint density at radius 3 is 1.61 bits per heavy atom. The number of benzene rings is 7. The van der Waals surface area contributed by atoms with Crippen molar-refractivity contribution in [2.75, 3.05) is 0 Å². The summed E-state index contributed by atoms with van der Waals surface area (Å²) in [5, 5.41) is 9.34. The van der Waals surface area contributed by atoms with Crippen LogP contribution in [0.1, 0.15) is 11.1 Å². The number of hydrogen-bond acceptors (Lipinski definition) is 3. The number of dihydropyridines is 1. The zero-order valence-corrected chi connectivity index (χ0v) is 31.4. The molecule has 4 nitrogen and oxygen atoms in total. The van der Waals surface area contributed by atoms with E-state index >= 15 is 4.57 Å². The molecule has 3 N–H and O–H groups in total. The Morgan fingerprint density at radius 2 is 1.06 bits per heavy atom. The van der Waals surface area contributed by atoms with E-state index in [-0.39, 0.29) is 6.17 Å². The quantitative estimate of drug-likeness (QED) is 0.0851. The molecular formula is C48H39N3OP2. The van der Waals surface area contributed by atoms with E-state index in [1.54, 1.807) is 0 Å². The van der Waals surface area contributed by atoms with E-state index in [2.05, 4.69) is 115 Å². The lowest BCUT2D eigenvalue weighted by atomic mass is 10.0. The Balaban J connectivity index is 1.26. The number of nitrogens with two attached hydrogens (primary N) is 1. The van der Waals surface area contributed by atoms with Crippen molar-refractivity contribution in [1.82, 2.24) is 5.32 Å². The molecule has 1 unspecified atom stereocenters. The van der Waals surface area contributed by atoms with Crippen molar-refractivity contribution in [3.8, 4) is 11.1 Å². The second-order valence-electron chi connectivity index (χ2n) is 13.0. The predicted molar refractivity (Wildman–Crippen MR) is 231 cm³/mol. The van der Waals surface area contributed by atoms with Crippen LogP contribution >= 0.6 is 15.1 Å². The summed E-state index contributed by atoms with van der Waals surface area (Å²) in [6, 6.07) is 66.1. The summed E-state index contributed by atoms with van der Waals surface area (Å²) in [4.78, 5) is 4.91. The summed E-state index contributed by atoms with van der Waals surface area (Å²) in [6.07, 6.45) is 5.64. The third-order valence-electron chi connectivity index (χ3n) is 9.60.